The molecule has 0 aliphatic carbocycles. The van der Waals surface area contributed by atoms with Crippen LogP contribution in [0, 0.1) is 13.8 Å². The lowest BCUT2D eigenvalue weighted by Crippen LogP contribution is -2.20. The Kier molecular flexibility index (Phi) is 4.35. The van der Waals surface area contributed by atoms with Crippen molar-refractivity contribution in [1.82, 2.24) is 19.2 Å². The molecule has 0 atom stereocenters. The zero-order valence-corrected chi connectivity index (χ0v) is 17.4. The van der Waals surface area contributed by atoms with Crippen LogP contribution in [0.25, 0.3) is 27.6 Å². The van der Waals surface area contributed by atoms with Crippen LogP contribution < -0.4 is 5.56 Å². The summed E-state index contributed by atoms with van der Waals surface area (Å²) in [6.45, 7) is 3.99. The molecule has 8 heteroatoms. The normalized spacial score (nSPS) is 11.6. The number of benzene rings is 2. The summed E-state index contributed by atoms with van der Waals surface area (Å²) in [5, 5.41) is 9.71. The SMILES string of the molecule is Cc1cc2occ(CC(=O)OCc3nnc4n(C)c(=O)c5ccccc5n34)c2cc1C. The Labute approximate surface area is 176 Å². The van der Waals surface area contributed by atoms with E-state index in [0.717, 1.165) is 27.7 Å². The van der Waals surface area contributed by atoms with Crippen molar-refractivity contribution in [2.45, 2.75) is 26.9 Å². The highest BCUT2D eigenvalue weighted by Crippen LogP contribution is 2.25. The third-order valence-electron chi connectivity index (χ3n) is 5.66. The minimum absolute atomic E-state index is 0.0594. The Balaban J connectivity index is 1.42. The molecule has 3 heterocycles. The van der Waals surface area contributed by atoms with Gasteiger partial charge in [0.2, 0.25) is 5.78 Å². The van der Waals surface area contributed by atoms with Gasteiger partial charge in [0.25, 0.3) is 5.56 Å². The molecule has 5 rings (SSSR count). The standard InChI is InChI=1S/C23H20N4O4/c1-13-8-17-15(11-30-19(17)9-14(13)2)10-21(28)31-12-20-24-25-23-26(3)22(29)16-6-4-5-7-18(16)27(20)23/h4-9,11H,10,12H2,1-3H3. The number of carbonyl (C=O) groups is 1. The predicted octanol–water partition coefficient (Wildman–Crippen LogP) is 3.23. The van der Waals surface area contributed by atoms with E-state index < -0.39 is 5.97 Å². The second kappa shape index (κ2) is 7.09. The van der Waals surface area contributed by atoms with Gasteiger partial charge in [-0.05, 0) is 49.2 Å². The fourth-order valence-electron chi connectivity index (χ4n) is 3.81. The number of aryl methyl sites for hydroxylation is 3. The number of hydrogen-bond donors (Lipinski definition) is 0. The average molecular weight is 416 g/mol. The molecular weight excluding hydrogens is 396 g/mol. The molecule has 0 fully saturated rings. The number of nitrogens with zero attached hydrogens (tertiary/aromatic N) is 4. The monoisotopic (exact) mass is 416 g/mol. The molecule has 5 aromatic rings. The number of rotatable bonds is 4. The van der Waals surface area contributed by atoms with Crippen molar-refractivity contribution in [3.8, 4) is 0 Å². The maximum Gasteiger partial charge on any atom is 0.310 e. The minimum Gasteiger partial charge on any atom is -0.464 e. The molecule has 0 unspecified atom stereocenters. The highest BCUT2D eigenvalue weighted by molar-refractivity contribution is 5.87. The summed E-state index contributed by atoms with van der Waals surface area (Å²) in [5.74, 6) is 0.437. The summed E-state index contributed by atoms with van der Waals surface area (Å²) in [4.78, 5) is 25.1. The minimum atomic E-state index is -0.396. The first kappa shape index (κ1) is 19.0. The molecule has 0 saturated carbocycles. The van der Waals surface area contributed by atoms with Gasteiger partial charge in [0.15, 0.2) is 12.4 Å². The fraction of sp³-hybridized carbons (Fsp3) is 0.217. The number of carbonyl (C=O) groups excluding carboxylic acids is 1. The van der Waals surface area contributed by atoms with E-state index in [4.69, 9.17) is 9.15 Å². The molecule has 0 saturated heterocycles. The predicted molar refractivity (Wildman–Crippen MR) is 115 cm³/mol. The summed E-state index contributed by atoms with van der Waals surface area (Å²) in [5.41, 5.74) is 4.32. The largest absolute Gasteiger partial charge is 0.464 e. The molecule has 0 amide bonds. The summed E-state index contributed by atoms with van der Waals surface area (Å²) in [7, 11) is 1.64. The third kappa shape index (κ3) is 3.07. The second-order valence-corrected chi connectivity index (χ2v) is 7.66. The Bertz CT molecular complexity index is 1540. The number of furan rings is 1. The van der Waals surface area contributed by atoms with Crippen LogP contribution in [-0.4, -0.2) is 25.1 Å². The molecule has 0 radical (unpaired) electrons. The molecule has 0 spiro atoms. The Morgan fingerprint density at radius 2 is 1.87 bits per heavy atom. The van der Waals surface area contributed by atoms with Crippen molar-refractivity contribution in [2.75, 3.05) is 0 Å². The van der Waals surface area contributed by atoms with E-state index in [9.17, 15) is 9.59 Å². The molecule has 0 aliphatic heterocycles. The highest BCUT2D eigenvalue weighted by Gasteiger charge is 2.17. The molecule has 3 aromatic heterocycles. The van der Waals surface area contributed by atoms with Gasteiger partial charge < -0.3 is 9.15 Å². The van der Waals surface area contributed by atoms with Crippen molar-refractivity contribution in [3.05, 3.63) is 75.5 Å². The maximum absolute atomic E-state index is 12.5. The number of para-hydroxylation sites is 1. The smallest absolute Gasteiger partial charge is 0.310 e. The summed E-state index contributed by atoms with van der Waals surface area (Å²) in [6.07, 6.45) is 1.69. The van der Waals surface area contributed by atoms with Gasteiger partial charge >= 0.3 is 5.97 Å². The second-order valence-electron chi connectivity index (χ2n) is 7.66. The first-order valence-electron chi connectivity index (χ1n) is 9.88. The van der Waals surface area contributed by atoms with E-state index in [2.05, 4.69) is 10.2 Å². The van der Waals surface area contributed by atoms with Crippen LogP contribution in [0.4, 0.5) is 0 Å². The zero-order valence-electron chi connectivity index (χ0n) is 17.4. The first-order valence-corrected chi connectivity index (χ1v) is 9.88. The van der Waals surface area contributed by atoms with Gasteiger partial charge in [-0.3, -0.25) is 18.6 Å². The number of esters is 1. The lowest BCUT2D eigenvalue weighted by molar-refractivity contribution is -0.144. The zero-order chi connectivity index (χ0) is 21.7. The van der Waals surface area contributed by atoms with E-state index in [1.54, 1.807) is 29.8 Å². The Morgan fingerprint density at radius 3 is 2.71 bits per heavy atom. The quantitative estimate of drug-likeness (QED) is 0.418. The van der Waals surface area contributed by atoms with Crippen molar-refractivity contribution in [1.29, 1.82) is 0 Å². The van der Waals surface area contributed by atoms with Crippen molar-refractivity contribution in [2.24, 2.45) is 7.05 Å². The molecule has 8 nitrogen and oxygen atoms in total. The first-order chi connectivity index (χ1) is 14.9. The average Bonchev–Trinajstić information content (AvgIpc) is 3.35. The Morgan fingerprint density at radius 1 is 1.10 bits per heavy atom. The van der Waals surface area contributed by atoms with Crippen molar-refractivity contribution in [3.63, 3.8) is 0 Å². The van der Waals surface area contributed by atoms with E-state index in [1.807, 2.05) is 38.1 Å². The van der Waals surface area contributed by atoms with Gasteiger partial charge in [-0.25, -0.2) is 0 Å². The number of ether oxygens (including phenoxy) is 1. The van der Waals surface area contributed by atoms with Gasteiger partial charge in [-0.2, -0.15) is 0 Å². The lowest BCUT2D eigenvalue weighted by atomic mass is 10.0. The van der Waals surface area contributed by atoms with Crippen LogP contribution in [-0.2, 0) is 29.6 Å². The van der Waals surface area contributed by atoms with E-state index in [0.29, 0.717) is 22.5 Å². The van der Waals surface area contributed by atoms with Crippen LogP contribution in [0.2, 0.25) is 0 Å². The summed E-state index contributed by atoms with van der Waals surface area (Å²) < 4.78 is 14.3. The van der Waals surface area contributed by atoms with E-state index in [-0.39, 0.29) is 18.6 Å². The van der Waals surface area contributed by atoms with Crippen LogP contribution >= 0.6 is 0 Å². The van der Waals surface area contributed by atoms with Crippen LogP contribution in [0.5, 0.6) is 0 Å². The van der Waals surface area contributed by atoms with Crippen LogP contribution in [0.3, 0.4) is 0 Å². The molecule has 0 N–H and O–H groups in total. The third-order valence-corrected chi connectivity index (χ3v) is 5.66. The van der Waals surface area contributed by atoms with E-state index >= 15 is 0 Å². The van der Waals surface area contributed by atoms with Gasteiger partial charge in [0.1, 0.15) is 5.58 Å². The van der Waals surface area contributed by atoms with Crippen molar-refractivity contribution < 1.29 is 13.9 Å². The summed E-state index contributed by atoms with van der Waals surface area (Å²) >= 11 is 0. The Hall–Kier alpha value is -3.94. The van der Waals surface area contributed by atoms with Gasteiger partial charge in [0, 0.05) is 18.0 Å². The number of fused-ring (bicyclic) bond motifs is 4. The molecule has 156 valence electrons. The fourth-order valence-corrected chi connectivity index (χ4v) is 3.81. The highest BCUT2D eigenvalue weighted by atomic mass is 16.5. The molecule has 31 heavy (non-hydrogen) atoms. The molecule has 2 aromatic carbocycles. The van der Waals surface area contributed by atoms with Crippen LogP contribution in [0.1, 0.15) is 22.5 Å². The number of aromatic nitrogens is 4. The molecule has 0 bridgehead atoms. The van der Waals surface area contributed by atoms with Crippen molar-refractivity contribution >= 4 is 33.6 Å². The van der Waals surface area contributed by atoms with Gasteiger partial charge in [0.05, 0.1) is 23.6 Å². The lowest BCUT2D eigenvalue weighted by Gasteiger charge is -2.08. The van der Waals surface area contributed by atoms with E-state index in [1.165, 1.54) is 4.57 Å². The number of hydrogen-bond acceptors (Lipinski definition) is 6. The van der Waals surface area contributed by atoms with Crippen LogP contribution in [0.15, 0.2) is 51.9 Å². The van der Waals surface area contributed by atoms with Gasteiger partial charge in [-0.1, -0.05) is 12.1 Å². The maximum atomic E-state index is 12.5. The molecular formula is C23H20N4O4. The van der Waals surface area contributed by atoms with Gasteiger partial charge in [-0.15, -0.1) is 10.2 Å². The topological polar surface area (TPSA) is 91.6 Å². The molecule has 0 aliphatic rings. The summed E-state index contributed by atoms with van der Waals surface area (Å²) in [6, 6.07) is 11.2.